The van der Waals surface area contributed by atoms with Crippen molar-refractivity contribution in [3.63, 3.8) is 0 Å². The molecule has 0 radical (unpaired) electrons. The van der Waals surface area contributed by atoms with Crippen LogP contribution in [0, 0.1) is 0 Å². The second-order valence-electron chi connectivity index (χ2n) is 4.10. The largest absolute Gasteiger partial charge is 0.496 e. The molecule has 1 heterocycles. The molecule has 8 nitrogen and oxygen atoms in total. The van der Waals surface area contributed by atoms with Crippen molar-refractivity contribution in [2.75, 3.05) is 7.11 Å². The molecular weight excluding hydrogens is 298 g/mol. The predicted octanol–water partition coefficient (Wildman–Crippen LogP) is 0.595. The lowest BCUT2D eigenvalue weighted by Gasteiger charge is -2.09. The number of H-pyrrole nitrogens is 1. The van der Waals surface area contributed by atoms with Crippen molar-refractivity contribution in [2.45, 2.75) is 11.4 Å². The lowest BCUT2D eigenvalue weighted by Crippen LogP contribution is -2.23. The van der Waals surface area contributed by atoms with Gasteiger partial charge in [-0.15, -0.1) is 0 Å². The summed E-state index contributed by atoms with van der Waals surface area (Å²) in [6, 6.07) is 3.64. The molecule has 0 bridgehead atoms. The summed E-state index contributed by atoms with van der Waals surface area (Å²) in [4.78, 5) is 10.9. The number of aromatic carboxylic acids is 1. The molecule has 0 aliphatic heterocycles. The average molecular weight is 311 g/mol. The second-order valence-corrected chi connectivity index (χ2v) is 5.87. The van der Waals surface area contributed by atoms with Crippen LogP contribution in [0.3, 0.4) is 0 Å². The van der Waals surface area contributed by atoms with Gasteiger partial charge in [0.05, 0.1) is 18.2 Å². The Bertz CT molecular complexity index is 740. The van der Waals surface area contributed by atoms with E-state index in [2.05, 4.69) is 14.9 Å². The number of nitrogens with zero attached hydrogens (tertiary/aromatic N) is 1. The Hall–Kier alpha value is -2.39. The van der Waals surface area contributed by atoms with Gasteiger partial charge in [-0.05, 0) is 18.2 Å². The number of nitrogens with one attached hydrogen (secondary N) is 2. The van der Waals surface area contributed by atoms with Crippen molar-refractivity contribution in [1.29, 1.82) is 0 Å². The highest BCUT2D eigenvalue weighted by Gasteiger charge is 2.19. The first-order valence-corrected chi connectivity index (χ1v) is 7.31. The van der Waals surface area contributed by atoms with E-state index in [0.29, 0.717) is 5.56 Å². The zero-order chi connectivity index (χ0) is 15.5. The van der Waals surface area contributed by atoms with Gasteiger partial charge in [0.1, 0.15) is 11.3 Å². The van der Waals surface area contributed by atoms with Gasteiger partial charge in [-0.25, -0.2) is 17.9 Å². The van der Waals surface area contributed by atoms with Crippen LogP contribution in [-0.2, 0) is 16.6 Å². The van der Waals surface area contributed by atoms with Crippen molar-refractivity contribution < 1.29 is 23.1 Å². The minimum absolute atomic E-state index is 0.0489. The Morgan fingerprint density at radius 2 is 2.24 bits per heavy atom. The maximum absolute atomic E-state index is 12.1. The molecule has 1 aromatic carbocycles. The first-order valence-electron chi connectivity index (χ1n) is 5.82. The topological polar surface area (TPSA) is 121 Å². The maximum atomic E-state index is 12.1. The molecule has 0 saturated carbocycles. The maximum Gasteiger partial charge on any atom is 0.339 e. The highest BCUT2D eigenvalue weighted by Crippen LogP contribution is 2.22. The fourth-order valence-electron chi connectivity index (χ4n) is 1.66. The number of carboxylic acid groups (broad SMARTS) is 1. The van der Waals surface area contributed by atoms with Crippen LogP contribution in [0.25, 0.3) is 0 Å². The molecule has 1 aromatic heterocycles. The zero-order valence-electron chi connectivity index (χ0n) is 11.0. The molecule has 21 heavy (non-hydrogen) atoms. The number of hydrogen-bond donors (Lipinski definition) is 3. The molecule has 9 heteroatoms. The Morgan fingerprint density at radius 3 is 2.81 bits per heavy atom. The van der Waals surface area contributed by atoms with Crippen molar-refractivity contribution in [3.8, 4) is 5.75 Å². The van der Waals surface area contributed by atoms with E-state index in [-0.39, 0.29) is 22.8 Å². The van der Waals surface area contributed by atoms with Crippen LogP contribution in [-0.4, -0.2) is 36.8 Å². The van der Waals surface area contributed by atoms with Gasteiger partial charge in [0, 0.05) is 18.3 Å². The van der Waals surface area contributed by atoms with Crippen LogP contribution < -0.4 is 9.46 Å². The van der Waals surface area contributed by atoms with E-state index in [0.717, 1.165) is 6.07 Å². The van der Waals surface area contributed by atoms with Gasteiger partial charge in [0.15, 0.2) is 0 Å². The fourth-order valence-corrected chi connectivity index (χ4v) is 2.70. The molecule has 0 unspecified atom stereocenters. The van der Waals surface area contributed by atoms with Gasteiger partial charge in [-0.1, -0.05) is 0 Å². The Labute approximate surface area is 120 Å². The third-order valence-corrected chi connectivity index (χ3v) is 4.13. The molecule has 0 aliphatic rings. The molecule has 112 valence electrons. The third-order valence-electron chi connectivity index (χ3n) is 2.73. The summed E-state index contributed by atoms with van der Waals surface area (Å²) in [5.74, 6) is -1.17. The summed E-state index contributed by atoms with van der Waals surface area (Å²) < 4.78 is 31.5. The number of ether oxygens (including phenoxy) is 1. The van der Waals surface area contributed by atoms with Gasteiger partial charge in [0.2, 0.25) is 10.0 Å². The number of benzene rings is 1. The SMILES string of the molecule is COc1ccc(S(=O)(=O)NCc2cn[nH]c2)cc1C(=O)O. The summed E-state index contributed by atoms with van der Waals surface area (Å²) in [6.07, 6.45) is 3.04. The first-order chi connectivity index (χ1) is 9.94. The lowest BCUT2D eigenvalue weighted by molar-refractivity contribution is 0.0693. The highest BCUT2D eigenvalue weighted by molar-refractivity contribution is 7.89. The van der Waals surface area contributed by atoms with Crippen molar-refractivity contribution >= 4 is 16.0 Å². The quantitative estimate of drug-likeness (QED) is 0.718. The van der Waals surface area contributed by atoms with E-state index < -0.39 is 16.0 Å². The summed E-state index contributed by atoms with van der Waals surface area (Å²) in [7, 11) is -2.52. The molecule has 2 rings (SSSR count). The molecule has 0 amide bonds. The van der Waals surface area contributed by atoms with E-state index >= 15 is 0 Å². The van der Waals surface area contributed by atoms with Gasteiger partial charge in [-0.3, -0.25) is 5.10 Å². The minimum Gasteiger partial charge on any atom is -0.496 e. The summed E-state index contributed by atoms with van der Waals surface area (Å²) in [5.41, 5.74) is 0.439. The van der Waals surface area contributed by atoms with E-state index in [1.807, 2.05) is 0 Å². The number of aromatic amines is 1. The molecule has 0 saturated heterocycles. The highest BCUT2D eigenvalue weighted by atomic mass is 32.2. The number of sulfonamides is 1. The predicted molar refractivity (Wildman–Crippen MR) is 72.6 cm³/mol. The van der Waals surface area contributed by atoms with Crippen LogP contribution >= 0.6 is 0 Å². The van der Waals surface area contributed by atoms with E-state index in [1.165, 1.54) is 25.4 Å². The Kier molecular flexibility index (Phi) is 4.24. The second kappa shape index (κ2) is 5.94. The first kappa shape index (κ1) is 15.0. The molecule has 2 aromatic rings. The molecule has 0 aliphatic carbocycles. The number of aromatic nitrogens is 2. The Balaban J connectivity index is 2.27. The monoisotopic (exact) mass is 311 g/mol. The standard InChI is InChI=1S/C12H13N3O5S/c1-20-11-3-2-9(4-10(11)12(16)17)21(18,19)15-7-8-5-13-14-6-8/h2-6,15H,7H2,1H3,(H,13,14)(H,16,17). The van der Waals surface area contributed by atoms with Gasteiger partial charge >= 0.3 is 5.97 Å². The number of rotatable bonds is 6. The summed E-state index contributed by atoms with van der Waals surface area (Å²) in [5, 5.41) is 15.3. The van der Waals surface area contributed by atoms with Crippen LogP contribution in [0.4, 0.5) is 0 Å². The summed E-state index contributed by atoms with van der Waals surface area (Å²) in [6.45, 7) is 0.0489. The fraction of sp³-hybridized carbons (Fsp3) is 0.167. The van der Waals surface area contributed by atoms with Crippen molar-refractivity contribution in [2.24, 2.45) is 0 Å². The van der Waals surface area contributed by atoms with Gasteiger partial charge in [0.25, 0.3) is 0 Å². The smallest absolute Gasteiger partial charge is 0.339 e. The van der Waals surface area contributed by atoms with Gasteiger partial charge in [-0.2, -0.15) is 5.10 Å². The molecule has 3 N–H and O–H groups in total. The van der Waals surface area contributed by atoms with Crippen molar-refractivity contribution in [1.82, 2.24) is 14.9 Å². The van der Waals surface area contributed by atoms with Crippen LogP contribution in [0.15, 0.2) is 35.5 Å². The average Bonchev–Trinajstić information content (AvgIpc) is 2.97. The summed E-state index contributed by atoms with van der Waals surface area (Å²) >= 11 is 0. The van der Waals surface area contributed by atoms with E-state index in [4.69, 9.17) is 9.84 Å². The molecule has 0 spiro atoms. The van der Waals surface area contributed by atoms with E-state index in [9.17, 15) is 13.2 Å². The third kappa shape index (κ3) is 3.38. The van der Waals surface area contributed by atoms with E-state index in [1.54, 1.807) is 6.20 Å². The normalized spacial score (nSPS) is 11.3. The molecule has 0 atom stereocenters. The number of carboxylic acids is 1. The minimum atomic E-state index is -3.83. The van der Waals surface area contributed by atoms with Crippen LogP contribution in [0.2, 0.25) is 0 Å². The van der Waals surface area contributed by atoms with Crippen molar-refractivity contribution in [3.05, 3.63) is 41.7 Å². The molecule has 0 fully saturated rings. The molecular formula is C12H13N3O5S. The van der Waals surface area contributed by atoms with Crippen LogP contribution in [0.5, 0.6) is 5.75 Å². The number of hydrogen-bond acceptors (Lipinski definition) is 5. The lowest BCUT2D eigenvalue weighted by atomic mass is 10.2. The van der Waals surface area contributed by atoms with Crippen LogP contribution in [0.1, 0.15) is 15.9 Å². The number of carbonyl (C=O) groups is 1. The Morgan fingerprint density at radius 1 is 1.48 bits per heavy atom. The number of methoxy groups -OCH3 is 1. The zero-order valence-corrected chi connectivity index (χ0v) is 11.8. The van der Waals surface area contributed by atoms with Gasteiger partial charge < -0.3 is 9.84 Å².